The summed E-state index contributed by atoms with van der Waals surface area (Å²) in [6.45, 7) is 8.47. The fourth-order valence-electron chi connectivity index (χ4n) is 2.79. The van der Waals surface area contributed by atoms with Gasteiger partial charge in [-0.2, -0.15) is 5.06 Å². The van der Waals surface area contributed by atoms with Gasteiger partial charge in [-0.1, -0.05) is 28.5 Å². The Labute approximate surface area is 140 Å². The van der Waals surface area contributed by atoms with Crippen LogP contribution >= 0.6 is 22.6 Å². The smallest absolute Gasteiger partial charge is 0.331 e. The molecule has 0 aromatic carbocycles. The molecule has 0 aliphatic carbocycles. The van der Waals surface area contributed by atoms with Gasteiger partial charge in [0.05, 0.1) is 12.7 Å². The molecule has 1 heterocycles. The Kier molecular flexibility index (Phi) is 6.47. The second-order valence-electron chi connectivity index (χ2n) is 6.53. The molecule has 21 heavy (non-hydrogen) atoms. The van der Waals surface area contributed by atoms with Gasteiger partial charge in [-0.25, -0.2) is 4.79 Å². The lowest BCUT2D eigenvalue weighted by molar-refractivity contribution is -0.261. The van der Waals surface area contributed by atoms with Gasteiger partial charge < -0.3 is 14.7 Å². The van der Waals surface area contributed by atoms with Crippen molar-refractivity contribution >= 4 is 28.6 Å². The summed E-state index contributed by atoms with van der Waals surface area (Å²) < 4.78 is 10.3. The van der Waals surface area contributed by atoms with E-state index in [2.05, 4.69) is 5.92 Å². The Hall–Kier alpha value is -0.360. The van der Waals surface area contributed by atoms with Crippen molar-refractivity contribution in [2.24, 2.45) is 0 Å². The molecule has 1 N–H and O–H groups in total. The SMILES string of the molecule is C#CC(I)C(=O)OCCOC1CC(C)(C)N(O)C(C)(C)C1. The molecule has 0 radical (unpaired) electrons. The van der Waals surface area contributed by atoms with Crippen molar-refractivity contribution in [3.8, 4) is 12.3 Å². The van der Waals surface area contributed by atoms with Crippen molar-refractivity contribution in [1.82, 2.24) is 5.06 Å². The number of piperidine rings is 1. The summed E-state index contributed by atoms with van der Waals surface area (Å²) in [5, 5.41) is 11.6. The van der Waals surface area contributed by atoms with Gasteiger partial charge in [-0.05, 0) is 40.5 Å². The Morgan fingerprint density at radius 3 is 2.38 bits per heavy atom. The minimum absolute atomic E-state index is 0.0279. The molecule has 1 rings (SSSR count). The number of hydrogen-bond donors (Lipinski definition) is 1. The third-order valence-corrected chi connectivity index (χ3v) is 4.50. The van der Waals surface area contributed by atoms with Crippen molar-refractivity contribution in [1.29, 1.82) is 0 Å². The molecule has 1 aliphatic heterocycles. The first-order valence-electron chi connectivity index (χ1n) is 6.98. The predicted octanol–water partition coefficient (Wildman–Crippen LogP) is 2.39. The Bertz CT molecular complexity index is 398. The second-order valence-corrected chi connectivity index (χ2v) is 7.78. The van der Waals surface area contributed by atoms with E-state index < -0.39 is 9.89 Å². The Morgan fingerprint density at radius 2 is 1.90 bits per heavy atom. The van der Waals surface area contributed by atoms with E-state index in [9.17, 15) is 10.0 Å². The zero-order valence-electron chi connectivity index (χ0n) is 13.1. The maximum Gasteiger partial charge on any atom is 0.331 e. The number of hydrogen-bond acceptors (Lipinski definition) is 5. The standard InChI is InChI=1S/C15H24INO4/c1-6-12(16)13(18)21-8-7-20-11-9-14(2,3)17(19)15(4,5)10-11/h1,11-12,19H,7-10H2,2-5H3. The van der Waals surface area contributed by atoms with Crippen LogP contribution in [0.25, 0.3) is 0 Å². The third-order valence-electron chi connectivity index (χ3n) is 3.64. The highest BCUT2D eigenvalue weighted by molar-refractivity contribution is 14.1. The van der Waals surface area contributed by atoms with Crippen LogP contribution in [0, 0.1) is 12.3 Å². The summed E-state index contributed by atoms with van der Waals surface area (Å²) in [5.74, 6) is 1.91. The number of carbonyl (C=O) groups is 1. The van der Waals surface area contributed by atoms with Crippen molar-refractivity contribution in [2.45, 2.75) is 61.6 Å². The largest absolute Gasteiger partial charge is 0.462 e. The summed E-state index contributed by atoms with van der Waals surface area (Å²) in [6.07, 6.45) is 6.62. The van der Waals surface area contributed by atoms with E-state index >= 15 is 0 Å². The molecule has 1 atom stereocenters. The highest BCUT2D eigenvalue weighted by Crippen LogP contribution is 2.37. The number of rotatable bonds is 5. The van der Waals surface area contributed by atoms with Crippen molar-refractivity contribution < 1.29 is 19.5 Å². The van der Waals surface area contributed by atoms with Crippen LogP contribution in [0.3, 0.4) is 0 Å². The molecule has 0 aromatic rings. The third kappa shape index (κ3) is 5.09. The zero-order valence-corrected chi connectivity index (χ0v) is 15.2. The van der Waals surface area contributed by atoms with Gasteiger partial charge in [0, 0.05) is 11.1 Å². The Morgan fingerprint density at radius 1 is 1.38 bits per heavy atom. The molecule has 0 spiro atoms. The number of alkyl halides is 1. The van der Waals surface area contributed by atoms with Gasteiger partial charge in [0.2, 0.25) is 0 Å². The molecule has 6 heteroatoms. The van der Waals surface area contributed by atoms with Crippen molar-refractivity contribution in [3.05, 3.63) is 0 Å². The lowest BCUT2D eigenvalue weighted by Gasteiger charge is -2.51. The van der Waals surface area contributed by atoms with Crippen molar-refractivity contribution in [3.63, 3.8) is 0 Å². The highest BCUT2D eigenvalue weighted by atomic mass is 127. The number of esters is 1. The summed E-state index contributed by atoms with van der Waals surface area (Å²) in [5.41, 5.74) is -0.695. The van der Waals surface area contributed by atoms with Gasteiger partial charge in [0.15, 0.2) is 3.92 Å². The van der Waals surface area contributed by atoms with E-state index in [1.54, 1.807) is 0 Å². The minimum Gasteiger partial charge on any atom is -0.462 e. The van der Waals surface area contributed by atoms with Crippen LogP contribution in [0.1, 0.15) is 40.5 Å². The van der Waals surface area contributed by atoms with E-state index in [1.165, 1.54) is 5.06 Å². The normalized spacial score (nSPS) is 23.3. The van der Waals surface area contributed by atoms with Gasteiger partial charge in [-0.3, -0.25) is 0 Å². The predicted molar refractivity (Wildman–Crippen MR) is 88.4 cm³/mol. The molecule has 0 amide bonds. The van der Waals surface area contributed by atoms with Crippen LogP contribution < -0.4 is 0 Å². The summed E-state index contributed by atoms with van der Waals surface area (Å²) >= 11 is 1.85. The van der Waals surface area contributed by atoms with E-state index in [4.69, 9.17) is 15.9 Å². The quantitative estimate of drug-likeness (QED) is 0.249. The average molecular weight is 409 g/mol. The van der Waals surface area contributed by atoms with E-state index in [0.717, 1.165) is 12.8 Å². The van der Waals surface area contributed by atoms with Crippen LogP contribution in [0.15, 0.2) is 0 Å². The fourth-order valence-corrected chi connectivity index (χ4v) is 2.97. The fraction of sp³-hybridized carbons (Fsp3) is 0.800. The van der Waals surface area contributed by atoms with Gasteiger partial charge in [0.1, 0.15) is 6.61 Å². The minimum atomic E-state index is -0.557. The molecule has 1 fully saturated rings. The van der Waals surface area contributed by atoms with E-state index in [-0.39, 0.29) is 23.8 Å². The first kappa shape index (κ1) is 18.7. The second kappa shape index (κ2) is 7.27. The zero-order chi connectivity index (χ0) is 16.3. The summed E-state index contributed by atoms with van der Waals surface area (Å²) in [6, 6.07) is 0. The number of halogens is 1. The molecular formula is C15H24INO4. The molecule has 1 aliphatic rings. The number of nitrogens with zero attached hydrogens (tertiary/aromatic N) is 1. The van der Waals surface area contributed by atoms with Crippen LogP contribution in [0.4, 0.5) is 0 Å². The van der Waals surface area contributed by atoms with Crippen LogP contribution in [-0.4, -0.2) is 50.6 Å². The van der Waals surface area contributed by atoms with Crippen LogP contribution in [0.2, 0.25) is 0 Å². The van der Waals surface area contributed by atoms with Crippen molar-refractivity contribution in [2.75, 3.05) is 13.2 Å². The van der Waals surface area contributed by atoms with Gasteiger partial charge in [-0.15, -0.1) is 6.42 Å². The molecule has 120 valence electrons. The number of ether oxygens (including phenoxy) is 2. The molecule has 0 saturated carbocycles. The monoisotopic (exact) mass is 409 g/mol. The maximum absolute atomic E-state index is 11.4. The Balaban J connectivity index is 2.40. The topological polar surface area (TPSA) is 59.0 Å². The number of carbonyl (C=O) groups excluding carboxylic acids is 1. The number of hydroxylamine groups is 2. The average Bonchev–Trinajstić information content (AvgIpc) is 2.39. The van der Waals surface area contributed by atoms with E-state index in [0.29, 0.717) is 6.61 Å². The van der Waals surface area contributed by atoms with Crippen LogP contribution in [-0.2, 0) is 14.3 Å². The summed E-state index contributed by atoms with van der Waals surface area (Å²) in [4.78, 5) is 11.4. The first-order valence-corrected chi connectivity index (χ1v) is 8.22. The molecular weight excluding hydrogens is 385 g/mol. The molecule has 5 nitrogen and oxygen atoms in total. The van der Waals surface area contributed by atoms with Crippen LogP contribution in [0.5, 0.6) is 0 Å². The molecule has 1 saturated heterocycles. The lowest BCUT2D eigenvalue weighted by atomic mass is 9.80. The van der Waals surface area contributed by atoms with Gasteiger partial charge in [0.25, 0.3) is 0 Å². The molecule has 0 aromatic heterocycles. The van der Waals surface area contributed by atoms with Gasteiger partial charge >= 0.3 is 5.97 Å². The maximum atomic E-state index is 11.4. The first-order chi connectivity index (χ1) is 9.60. The lowest BCUT2D eigenvalue weighted by Crippen LogP contribution is -2.60. The van der Waals surface area contributed by atoms with E-state index in [1.807, 2.05) is 50.3 Å². The number of terminal acetylenes is 1. The highest BCUT2D eigenvalue weighted by Gasteiger charge is 2.45. The summed E-state index contributed by atoms with van der Waals surface area (Å²) in [7, 11) is 0. The molecule has 0 bridgehead atoms. The molecule has 1 unspecified atom stereocenters.